The minimum atomic E-state index is -0.812. The van der Waals surface area contributed by atoms with Gasteiger partial charge < -0.3 is 14.6 Å². The number of carbonyl (C=O) groups is 1. The van der Waals surface area contributed by atoms with Crippen molar-refractivity contribution in [2.75, 3.05) is 33.4 Å². The van der Waals surface area contributed by atoms with Gasteiger partial charge in [0.25, 0.3) is 0 Å². The molecule has 27 heavy (non-hydrogen) atoms. The van der Waals surface area contributed by atoms with Crippen LogP contribution in [-0.4, -0.2) is 49.3 Å². The summed E-state index contributed by atoms with van der Waals surface area (Å²) in [4.78, 5) is 15.1. The number of rotatable bonds is 9. The van der Waals surface area contributed by atoms with Crippen molar-refractivity contribution in [1.29, 1.82) is 0 Å². The Bertz CT molecular complexity index is 726. The van der Waals surface area contributed by atoms with Gasteiger partial charge in [-0.05, 0) is 55.4 Å². The summed E-state index contributed by atoms with van der Waals surface area (Å²) in [5, 5.41) is 11.6. The molecule has 0 bridgehead atoms. The van der Waals surface area contributed by atoms with E-state index < -0.39 is 11.9 Å². The van der Waals surface area contributed by atoms with Crippen molar-refractivity contribution >= 4 is 17.3 Å². The molecule has 1 aliphatic rings. The number of thiophene rings is 1. The summed E-state index contributed by atoms with van der Waals surface area (Å²) in [6, 6.07) is 9.40. The van der Waals surface area contributed by atoms with E-state index in [9.17, 15) is 9.90 Å². The Kier molecular flexibility index (Phi) is 7.12. The third kappa shape index (κ3) is 5.47. The molecule has 2 aromatic rings. The SMILES string of the molecule is COc1ccc(CC(C(=O)O)c2cccs2)c(OCCN2CCCCC2)c1. The summed E-state index contributed by atoms with van der Waals surface area (Å²) in [5.74, 6) is 0.0549. The number of piperidine rings is 1. The van der Waals surface area contributed by atoms with Crippen molar-refractivity contribution in [2.45, 2.75) is 31.6 Å². The van der Waals surface area contributed by atoms with Gasteiger partial charge >= 0.3 is 5.97 Å². The lowest BCUT2D eigenvalue weighted by atomic mass is 9.97. The fourth-order valence-corrected chi connectivity index (χ4v) is 4.27. The van der Waals surface area contributed by atoms with Crippen LogP contribution in [0.3, 0.4) is 0 Å². The summed E-state index contributed by atoms with van der Waals surface area (Å²) in [6.45, 7) is 3.75. The highest BCUT2D eigenvalue weighted by Gasteiger charge is 2.23. The molecule has 1 atom stereocenters. The van der Waals surface area contributed by atoms with Crippen LogP contribution in [0.1, 0.15) is 35.6 Å². The first-order valence-corrected chi connectivity index (χ1v) is 10.3. The second kappa shape index (κ2) is 9.76. The monoisotopic (exact) mass is 389 g/mol. The quantitative estimate of drug-likeness (QED) is 0.702. The lowest BCUT2D eigenvalue weighted by molar-refractivity contribution is -0.138. The van der Waals surface area contributed by atoms with Crippen LogP contribution < -0.4 is 9.47 Å². The van der Waals surface area contributed by atoms with Crippen molar-refractivity contribution in [3.63, 3.8) is 0 Å². The van der Waals surface area contributed by atoms with Crippen LogP contribution in [0, 0.1) is 0 Å². The van der Waals surface area contributed by atoms with Crippen molar-refractivity contribution in [3.05, 3.63) is 46.2 Å². The molecule has 3 rings (SSSR count). The van der Waals surface area contributed by atoms with Crippen LogP contribution in [-0.2, 0) is 11.2 Å². The molecular formula is C21H27NO4S. The third-order valence-corrected chi connectivity index (χ3v) is 5.98. The highest BCUT2D eigenvalue weighted by molar-refractivity contribution is 7.10. The molecule has 0 spiro atoms. The Morgan fingerprint density at radius 1 is 1.26 bits per heavy atom. The Hall–Kier alpha value is -2.05. The third-order valence-electron chi connectivity index (χ3n) is 5.00. The van der Waals surface area contributed by atoms with E-state index in [-0.39, 0.29) is 0 Å². The average Bonchev–Trinajstić information content (AvgIpc) is 3.21. The molecule has 2 heterocycles. The van der Waals surface area contributed by atoms with E-state index in [0.717, 1.165) is 35.8 Å². The maximum atomic E-state index is 11.8. The van der Waals surface area contributed by atoms with Crippen molar-refractivity contribution in [3.8, 4) is 11.5 Å². The standard InChI is InChI=1S/C21H27NO4S/c1-25-17-8-7-16(14-18(21(23)24)20-6-5-13-27-20)19(15-17)26-12-11-22-9-3-2-4-10-22/h5-8,13,15,18H,2-4,9-12,14H2,1H3,(H,23,24). The molecule has 6 heteroatoms. The highest BCUT2D eigenvalue weighted by Crippen LogP contribution is 2.32. The highest BCUT2D eigenvalue weighted by atomic mass is 32.1. The fraction of sp³-hybridized carbons (Fsp3) is 0.476. The number of aliphatic carboxylic acids is 1. The van der Waals surface area contributed by atoms with Gasteiger partial charge in [0.15, 0.2) is 0 Å². The second-order valence-corrected chi connectivity index (χ2v) is 7.81. The van der Waals surface area contributed by atoms with E-state index in [0.29, 0.717) is 18.8 Å². The minimum Gasteiger partial charge on any atom is -0.497 e. The van der Waals surface area contributed by atoms with Gasteiger partial charge in [-0.25, -0.2) is 0 Å². The maximum Gasteiger partial charge on any atom is 0.312 e. The molecule has 0 radical (unpaired) electrons. The molecule has 1 aromatic heterocycles. The average molecular weight is 390 g/mol. The van der Waals surface area contributed by atoms with E-state index >= 15 is 0 Å². The molecule has 1 aromatic carbocycles. The molecule has 1 saturated heterocycles. The maximum absolute atomic E-state index is 11.8. The number of hydrogen-bond donors (Lipinski definition) is 1. The van der Waals surface area contributed by atoms with Gasteiger partial charge in [0, 0.05) is 17.5 Å². The molecule has 1 unspecified atom stereocenters. The number of likely N-dealkylation sites (tertiary alicyclic amines) is 1. The minimum absolute atomic E-state index is 0.402. The Morgan fingerprint density at radius 2 is 2.07 bits per heavy atom. The fourth-order valence-electron chi connectivity index (χ4n) is 3.45. The summed E-state index contributed by atoms with van der Waals surface area (Å²) in [5.41, 5.74) is 0.898. The number of nitrogens with zero attached hydrogens (tertiary/aromatic N) is 1. The molecule has 1 N–H and O–H groups in total. The first kappa shape index (κ1) is 19.7. The van der Waals surface area contributed by atoms with E-state index in [4.69, 9.17) is 9.47 Å². The molecule has 5 nitrogen and oxygen atoms in total. The summed E-state index contributed by atoms with van der Waals surface area (Å²) >= 11 is 1.48. The zero-order valence-corrected chi connectivity index (χ0v) is 16.5. The molecule has 146 valence electrons. The van der Waals surface area contributed by atoms with Crippen molar-refractivity contribution in [2.24, 2.45) is 0 Å². The first-order valence-electron chi connectivity index (χ1n) is 9.45. The molecular weight excluding hydrogens is 362 g/mol. The predicted molar refractivity (Wildman–Crippen MR) is 107 cm³/mol. The van der Waals surface area contributed by atoms with Gasteiger partial charge in [0.1, 0.15) is 18.1 Å². The largest absolute Gasteiger partial charge is 0.497 e. The van der Waals surface area contributed by atoms with Crippen LogP contribution in [0.2, 0.25) is 0 Å². The zero-order chi connectivity index (χ0) is 19.1. The predicted octanol–water partition coefficient (Wildman–Crippen LogP) is 4.03. The number of carboxylic acid groups (broad SMARTS) is 1. The molecule has 1 fully saturated rings. The first-order chi connectivity index (χ1) is 13.2. The van der Waals surface area contributed by atoms with E-state index in [1.54, 1.807) is 7.11 Å². The Labute approximate surface area is 164 Å². The van der Waals surface area contributed by atoms with Gasteiger partial charge in [-0.2, -0.15) is 0 Å². The normalized spacial score (nSPS) is 16.0. The van der Waals surface area contributed by atoms with Gasteiger partial charge in [-0.3, -0.25) is 9.69 Å². The molecule has 0 aliphatic carbocycles. The van der Waals surface area contributed by atoms with Gasteiger partial charge in [-0.1, -0.05) is 18.6 Å². The number of benzene rings is 1. The lowest BCUT2D eigenvalue weighted by Gasteiger charge is -2.26. The van der Waals surface area contributed by atoms with Gasteiger partial charge in [-0.15, -0.1) is 11.3 Å². The van der Waals surface area contributed by atoms with Gasteiger partial charge in [0.05, 0.1) is 13.0 Å². The number of carboxylic acids is 1. The topological polar surface area (TPSA) is 59.0 Å². The lowest BCUT2D eigenvalue weighted by Crippen LogP contribution is -2.33. The van der Waals surface area contributed by atoms with Crippen LogP contribution in [0.5, 0.6) is 11.5 Å². The van der Waals surface area contributed by atoms with Crippen LogP contribution in [0.25, 0.3) is 0 Å². The van der Waals surface area contributed by atoms with E-state index in [1.165, 1.54) is 30.6 Å². The van der Waals surface area contributed by atoms with Gasteiger partial charge in [0.2, 0.25) is 0 Å². The van der Waals surface area contributed by atoms with Crippen LogP contribution in [0.15, 0.2) is 35.7 Å². The number of hydrogen-bond acceptors (Lipinski definition) is 5. The Balaban J connectivity index is 1.70. The van der Waals surface area contributed by atoms with Crippen molar-refractivity contribution < 1.29 is 19.4 Å². The smallest absolute Gasteiger partial charge is 0.312 e. The molecule has 1 aliphatic heterocycles. The number of ether oxygens (including phenoxy) is 2. The Morgan fingerprint density at radius 3 is 2.74 bits per heavy atom. The van der Waals surface area contributed by atoms with Crippen molar-refractivity contribution in [1.82, 2.24) is 4.90 Å². The van der Waals surface area contributed by atoms with E-state index in [1.807, 2.05) is 35.7 Å². The zero-order valence-electron chi connectivity index (χ0n) is 15.7. The summed E-state index contributed by atoms with van der Waals surface area (Å²) in [7, 11) is 1.62. The molecule has 0 saturated carbocycles. The molecule has 0 amide bonds. The van der Waals surface area contributed by atoms with Crippen LogP contribution >= 0.6 is 11.3 Å². The summed E-state index contributed by atoms with van der Waals surface area (Å²) < 4.78 is 11.4. The summed E-state index contributed by atoms with van der Waals surface area (Å²) in [6.07, 6.45) is 4.23. The van der Waals surface area contributed by atoms with E-state index in [2.05, 4.69) is 4.90 Å². The van der Waals surface area contributed by atoms with Crippen LogP contribution in [0.4, 0.5) is 0 Å². The number of methoxy groups -OCH3 is 1. The second-order valence-electron chi connectivity index (χ2n) is 6.83.